The Morgan fingerprint density at radius 3 is 1.97 bits per heavy atom. The molecule has 1 radical (unpaired) electrons. The van der Waals surface area contributed by atoms with Crippen molar-refractivity contribution in [3.05, 3.63) is 132 Å². The molecule has 0 amide bonds. The van der Waals surface area contributed by atoms with Gasteiger partial charge >= 0.3 is 0 Å². The van der Waals surface area contributed by atoms with E-state index in [4.69, 9.17) is 1.37 Å². The van der Waals surface area contributed by atoms with Crippen LogP contribution in [0, 0.1) is 12.1 Å². The van der Waals surface area contributed by atoms with Gasteiger partial charge in [0.1, 0.15) is 0 Å². The summed E-state index contributed by atoms with van der Waals surface area (Å²) in [4.78, 5) is 8.71. The minimum absolute atomic E-state index is 0. The second-order valence-electron chi connectivity index (χ2n) is 8.65. The Morgan fingerprint density at radius 2 is 1.31 bits per heavy atom. The molecule has 5 aromatic rings. The zero-order valence-electron chi connectivity index (χ0n) is 20.2. The topological polar surface area (TPSA) is 25.8 Å². The van der Waals surface area contributed by atoms with Crippen LogP contribution in [0.5, 0.6) is 0 Å². The number of aromatic nitrogens is 2. The van der Waals surface area contributed by atoms with Crippen molar-refractivity contribution in [2.24, 2.45) is 0 Å². The number of rotatable bonds is 2. The largest absolute Gasteiger partial charge is 0.305 e. The van der Waals surface area contributed by atoms with E-state index >= 15 is 0 Å². The molecule has 0 unspecified atom stereocenters. The van der Waals surface area contributed by atoms with Crippen molar-refractivity contribution < 1.29 is 21.5 Å². The van der Waals surface area contributed by atoms with Gasteiger partial charge in [0.15, 0.2) is 0 Å². The van der Waals surface area contributed by atoms with E-state index in [0.29, 0.717) is 6.04 Å². The predicted octanol–water partition coefficient (Wildman–Crippen LogP) is 6.96. The van der Waals surface area contributed by atoms with Crippen LogP contribution in [-0.4, -0.2) is 9.97 Å². The van der Waals surface area contributed by atoms with E-state index < -0.39 is 0 Å². The second kappa shape index (κ2) is 10.5. The number of pyridine rings is 2. The van der Waals surface area contributed by atoms with Crippen LogP contribution in [0.4, 0.5) is 0 Å². The summed E-state index contributed by atoms with van der Waals surface area (Å²) >= 11 is 0. The van der Waals surface area contributed by atoms with Crippen molar-refractivity contribution in [1.29, 1.82) is 0 Å². The summed E-state index contributed by atoms with van der Waals surface area (Å²) in [5, 5.41) is 0. The van der Waals surface area contributed by atoms with Gasteiger partial charge in [-0.2, -0.15) is 0 Å². The van der Waals surface area contributed by atoms with Gasteiger partial charge < -0.3 is 9.97 Å². The molecular formula is C32H24IrN2-2. The normalized spacial score (nSPS) is 12.9. The SMILES string of the molecule is [2H]c1cc2c3c(c1)CCc1cc(-c4ccccn4)[c-]c(c1-3)CC2.[Ir].[c-]1ccccc1-c1ccccn1. The summed E-state index contributed by atoms with van der Waals surface area (Å²) in [5.41, 5.74) is 12.4. The predicted molar refractivity (Wildman–Crippen MR) is 137 cm³/mol. The van der Waals surface area contributed by atoms with Crippen molar-refractivity contribution in [3.63, 3.8) is 0 Å². The quantitative estimate of drug-likeness (QED) is 0.198. The molecule has 2 aliphatic carbocycles. The number of aryl methyl sites for hydroxylation is 4. The van der Waals surface area contributed by atoms with Crippen LogP contribution < -0.4 is 0 Å². The Balaban J connectivity index is 0.000000175. The van der Waals surface area contributed by atoms with Crippen LogP contribution in [0.15, 0.2) is 97.3 Å². The molecule has 0 spiro atoms. The summed E-state index contributed by atoms with van der Waals surface area (Å²) in [6.45, 7) is 0. The van der Waals surface area contributed by atoms with E-state index in [1.807, 2.05) is 72.9 Å². The standard InChI is InChI=1S/C21H16N.C11H8N.Ir/c1-2-11-22-19(6-1)18-12-16-9-7-14-4-3-5-15-8-10-17(13-18)21(16)20(14)15;1-2-6-10(7-3-1)11-8-4-5-9-12-11;/h1-6,11-12H,7-10H2;1-6,8-9H;/q2*-1;/i3D;;. The molecule has 0 saturated heterocycles. The molecule has 7 rings (SSSR count). The van der Waals surface area contributed by atoms with E-state index in [1.54, 1.807) is 6.20 Å². The van der Waals surface area contributed by atoms with Crippen LogP contribution in [-0.2, 0) is 45.8 Å². The molecule has 173 valence electrons. The maximum atomic E-state index is 8.01. The molecule has 2 aliphatic rings. The summed E-state index contributed by atoms with van der Waals surface area (Å²) in [6.07, 6.45) is 7.75. The van der Waals surface area contributed by atoms with E-state index in [1.165, 1.54) is 33.4 Å². The van der Waals surface area contributed by atoms with Gasteiger partial charge in [-0.15, -0.1) is 64.7 Å². The van der Waals surface area contributed by atoms with Gasteiger partial charge in [-0.25, -0.2) is 0 Å². The first-order valence-electron chi connectivity index (χ1n) is 12.3. The van der Waals surface area contributed by atoms with Crippen molar-refractivity contribution in [2.75, 3.05) is 0 Å². The van der Waals surface area contributed by atoms with Crippen molar-refractivity contribution in [2.45, 2.75) is 25.7 Å². The molecule has 0 saturated carbocycles. The molecule has 2 heterocycles. The first kappa shape index (κ1) is 22.1. The van der Waals surface area contributed by atoms with Gasteiger partial charge in [-0.05, 0) is 60.3 Å². The van der Waals surface area contributed by atoms with Crippen LogP contribution in [0.3, 0.4) is 0 Å². The average molecular weight is 630 g/mol. The maximum Gasteiger partial charge on any atom is 0.0623 e. The smallest absolute Gasteiger partial charge is 0.0623 e. The first-order chi connectivity index (χ1) is 17.3. The number of hydrogen-bond donors (Lipinski definition) is 0. The van der Waals surface area contributed by atoms with E-state index in [0.717, 1.165) is 48.2 Å². The molecule has 3 aromatic carbocycles. The molecule has 35 heavy (non-hydrogen) atoms. The Hall–Kier alpha value is -3.39. The van der Waals surface area contributed by atoms with Gasteiger partial charge in [0, 0.05) is 32.5 Å². The molecule has 0 N–H and O–H groups in total. The molecule has 0 bridgehead atoms. The molecule has 3 heteroatoms. The first-order valence-corrected chi connectivity index (χ1v) is 11.8. The van der Waals surface area contributed by atoms with E-state index in [2.05, 4.69) is 34.2 Å². The number of benzene rings is 3. The third-order valence-corrected chi connectivity index (χ3v) is 6.53. The number of hydrogen-bond acceptors (Lipinski definition) is 2. The summed E-state index contributed by atoms with van der Waals surface area (Å²) in [7, 11) is 0. The van der Waals surface area contributed by atoms with Crippen molar-refractivity contribution >= 4 is 0 Å². The fourth-order valence-corrected chi connectivity index (χ4v) is 4.97. The summed E-state index contributed by atoms with van der Waals surface area (Å²) < 4.78 is 8.01. The minimum Gasteiger partial charge on any atom is -0.305 e. The molecule has 0 atom stereocenters. The molecule has 0 aliphatic heterocycles. The maximum absolute atomic E-state index is 8.01. The van der Waals surface area contributed by atoms with Crippen LogP contribution in [0.25, 0.3) is 33.6 Å². The Bertz CT molecular complexity index is 1400. The van der Waals surface area contributed by atoms with Crippen LogP contribution in [0.2, 0.25) is 0 Å². The Morgan fingerprint density at radius 1 is 0.657 bits per heavy atom. The summed E-state index contributed by atoms with van der Waals surface area (Å²) in [5.74, 6) is 0. The van der Waals surface area contributed by atoms with Gasteiger partial charge in [-0.3, -0.25) is 0 Å². The van der Waals surface area contributed by atoms with Gasteiger partial charge in [0.25, 0.3) is 0 Å². The zero-order valence-corrected chi connectivity index (χ0v) is 21.6. The second-order valence-corrected chi connectivity index (χ2v) is 8.65. The average Bonchev–Trinajstić information content (AvgIpc) is 2.93. The minimum atomic E-state index is 0. The van der Waals surface area contributed by atoms with Crippen molar-refractivity contribution in [1.82, 2.24) is 9.97 Å². The van der Waals surface area contributed by atoms with E-state index in [9.17, 15) is 0 Å². The zero-order chi connectivity index (χ0) is 23.6. The van der Waals surface area contributed by atoms with Crippen LogP contribution >= 0.6 is 0 Å². The molecule has 0 fully saturated rings. The van der Waals surface area contributed by atoms with Gasteiger partial charge in [0.05, 0.1) is 1.37 Å². The molecular weight excluding hydrogens is 605 g/mol. The van der Waals surface area contributed by atoms with Gasteiger partial charge in [0.2, 0.25) is 0 Å². The third kappa shape index (κ3) is 4.75. The Labute approximate surface area is 221 Å². The fraction of sp³-hybridized carbons (Fsp3) is 0.125. The Kier molecular flexibility index (Phi) is 6.61. The third-order valence-electron chi connectivity index (χ3n) is 6.53. The van der Waals surface area contributed by atoms with Gasteiger partial charge in [-0.1, -0.05) is 53.6 Å². The molecule has 2 nitrogen and oxygen atoms in total. The van der Waals surface area contributed by atoms with Crippen LogP contribution in [0.1, 0.15) is 23.6 Å². The molecule has 2 aromatic heterocycles. The number of nitrogens with zero attached hydrogens (tertiary/aromatic N) is 2. The summed E-state index contributed by atoms with van der Waals surface area (Å²) in [6, 6.07) is 33.5. The van der Waals surface area contributed by atoms with E-state index in [-0.39, 0.29) is 20.1 Å². The fourth-order valence-electron chi connectivity index (χ4n) is 4.97. The van der Waals surface area contributed by atoms with Crippen molar-refractivity contribution in [3.8, 4) is 33.6 Å². The monoisotopic (exact) mass is 630 g/mol.